The number of morpholine rings is 1. The lowest BCUT2D eigenvalue weighted by Gasteiger charge is -2.34. The zero-order valence-corrected chi connectivity index (χ0v) is 9.84. The third kappa shape index (κ3) is 3.69. The number of carbonyl (C=O) groups excluding carboxylic acids is 1. The summed E-state index contributed by atoms with van der Waals surface area (Å²) in [6, 6.07) is -0.367. The molecule has 1 heterocycles. The number of nitrogens with zero attached hydrogens (tertiary/aromatic N) is 2. The maximum Gasteiger partial charge on any atom is 0.410 e. The molecule has 0 radical (unpaired) electrons. The molecule has 0 aromatic heterocycles. The van der Waals surface area contributed by atoms with E-state index in [0.717, 1.165) is 0 Å². The molecule has 0 aliphatic carbocycles. The van der Waals surface area contributed by atoms with E-state index in [1.165, 1.54) is 11.1 Å². The van der Waals surface area contributed by atoms with Gasteiger partial charge in [-0.25, -0.2) is 4.79 Å². The number of rotatable bonds is 1. The van der Waals surface area contributed by atoms with Gasteiger partial charge in [0.1, 0.15) is 5.60 Å². The Labute approximate surface area is 94.8 Å². The van der Waals surface area contributed by atoms with E-state index in [1.807, 2.05) is 0 Å². The van der Waals surface area contributed by atoms with Gasteiger partial charge in [-0.1, -0.05) is 5.16 Å². The van der Waals surface area contributed by atoms with Gasteiger partial charge in [-0.3, -0.25) is 4.90 Å². The van der Waals surface area contributed by atoms with E-state index in [4.69, 9.17) is 14.7 Å². The summed E-state index contributed by atoms with van der Waals surface area (Å²) in [7, 11) is 0. The largest absolute Gasteiger partial charge is 0.444 e. The molecule has 1 unspecified atom stereocenters. The average molecular weight is 230 g/mol. The smallest absolute Gasteiger partial charge is 0.410 e. The van der Waals surface area contributed by atoms with E-state index in [-0.39, 0.29) is 6.04 Å². The minimum absolute atomic E-state index is 0.323. The summed E-state index contributed by atoms with van der Waals surface area (Å²) in [4.78, 5) is 13.3. The van der Waals surface area contributed by atoms with Crippen LogP contribution in [-0.2, 0) is 9.47 Å². The maximum atomic E-state index is 11.8. The fourth-order valence-electron chi connectivity index (χ4n) is 1.37. The van der Waals surface area contributed by atoms with Crippen LogP contribution in [0.2, 0.25) is 0 Å². The monoisotopic (exact) mass is 230 g/mol. The predicted octanol–water partition coefficient (Wildman–Crippen LogP) is 1.08. The van der Waals surface area contributed by atoms with Crippen molar-refractivity contribution in [1.29, 1.82) is 0 Å². The fourth-order valence-corrected chi connectivity index (χ4v) is 1.37. The van der Waals surface area contributed by atoms with E-state index in [0.29, 0.717) is 19.8 Å². The van der Waals surface area contributed by atoms with Gasteiger partial charge in [0, 0.05) is 6.54 Å². The van der Waals surface area contributed by atoms with Crippen LogP contribution in [0.4, 0.5) is 4.79 Å². The van der Waals surface area contributed by atoms with E-state index in [1.54, 1.807) is 20.8 Å². The highest BCUT2D eigenvalue weighted by molar-refractivity contribution is 5.75. The fraction of sp³-hybridized carbons (Fsp3) is 0.800. The average Bonchev–Trinajstić information content (AvgIpc) is 2.16. The molecule has 16 heavy (non-hydrogen) atoms. The van der Waals surface area contributed by atoms with Crippen LogP contribution in [0.1, 0.15) is 20.8 Å². The summed E-state index contributed by atoms with van der Waals surface area (Å²) in [5.41, 5.74) is -0.531. The van der Waals surface area contributed by atoms with Gasteiger partial charge < -0.3 is 14.7 Å². The summed E-state index contributed by atoms with van der Waals surface area (Å²) in [6.07, 6.45) is 0.851. The summed E-state index contributed by atoms with van der Waals surface area (Å²) in [5, 5.41) is 11.4. The molecule has 0 aromatic rings. The first-order chi connectivity index (χ1) is 7.44. The van der Waals surface area contributed by atoms with Crippen molar-refractivity contribution in [2.45, 2.75) is 32.4 Å². The van der Waals surface area contributed by atoms with Crippen LogP contribution in [-0.4, -0.2) is 53.8 Å². The Morgan fingerprint density at radius 2 is 2.31 bits per heavy atom. The Bertz CT molecular complexity index is 272. The minimum Gasteiger partial charge on any atom is -0.444 e. The van der Waals surface area contributed by atoms with Crippen molar-refractivity contribution < 1.29 is 19.5 Å². The molecule has 1 aliphatic rings. The predicted molar refractivity (Wildman–Crippen MR) is 57.8 cm³/mol. The quantitative estimate of drug-likeness (QED) is 0.415. The summed E-state index contributed by atoms with van der Waals surface area (Å²) in [6.45, 7) is 6.64. The molecule has 6 nitrogen and oxygen atoms in total. The zero-order chi connectivity index (χ0) is 12.2. The number of ether oxygens (including phenoxy) is 2. The molecule has 1 rings (SSSR count). The van der Waals surface area contributed by atoms with Crippen molar-refractivity contribution in [2.24, 2.45) is 5.16 Å². The number of carbonyl (C=O) groups is 1. The van der Waals surface area contributed by atoms with E-state index in [9.17, 15) is 4.79 Å². The lowest BCUT2D eigenvalue weighted by molar-refractivity contribution is -0.0173. The van der Waals surface area contributed by atoms with Gasteiger partial charge in [0.25, 0.3) is 0 Å². The normalized spacial score (nSPS) is 22.4. The molecule has 6 heteroatoms. The standard InChI is InChI=1S/C10H18N2O4/c1-10(2,3)16-9(13)12-4-5-15-7-8(12)6-11-14/h6,8,14H,4-5,7H2,1-3H3/b11-6-. The van der Waals surface area contributed by atoms with Crippen LogP contribution >= 0.6 is 0 Å². The van der Waals surface area contributed by atoms with E-state index in [2.05, 4.69) is 5.16 Å². The molecule has 0 saturated carbocycles. The van der Waals surface area contributed by atoms with Crippen molar-refractivity contribution in [3.05, 3.63) is 0 Å². The highest BCUT2D eigenvalue weighted by Crippen LogP contribution is 2.13. The molecule has 0 bridgehead atoms. The molecule has 1 atom stereocenters. The zero-order valence-electron chi connectivity index (χ0n) is 9.84. The lowest BCUT2D eigenvalue weighted by atomic mass is 10.2. The molecule has 1 fully saturated rings. The van der Waals surface area contributed by atoms with Crippen LogP contribution in [0.5, 0.6) is 0 Å². The Hall–Kier alpha value is -1.30. The molecular weight excluding hydrogens is 212 g/mol. The molecule has 0 spiro atoms. The van der Waals surface area contributed by atoms with Gasteiger partial charge in [-0.15, -0.1) is 0 Å². The van der Waals surface area contributed by atoms with Gasteiger partial charge in [0.2, 0.25) is 0 Å². The van der Waals surface area contributed by atoms with E-state index >= 15 is 0 Å². The van der Waals surface area contributed by atoms with E-state index < -0.39 is 11.7 Å². The molecule has 1 amide bonds. The highest BCUT2D eigenvalue weighted by atomic mass is 16.6. The topological polar surface area (TPSA) is 71.4 Å². The van der Waals surface area contributed by atoms with Crippen LogP contribution in [0.25, 0.3) is 0 Å². The Balaban J connectivity index is 2.64. The number of hydrogen-bond donors (Lipinski definition) is 1. The second-order valence-corrected chi connectivity index (χ2v) is 4.58. The first kappa shape index (κ1) is 12.8. The van der Waals surface area contributed by atoms with Crippen LogP contribution in [0, 0.1) is 0 Å². The number of hydrogen-bond acceptors (Lipinski definition) is 5. The molecular formula is C10H18N2O4. The SMILES string of the molecule is CC(C)(C)OC(=O)N1CCOCC1/C=N\O. The second-order valence-electron chi connectivity index (χ2n) is 4.58. The molecule has 1 aliphatic heterocycles. The molecule has 1 saturated heterocycles. The van der Waals surface area contributed by atoms with Crippen molar-refractivity contribution in [3.63, 3.8) is 0 Å². The first-order valence-corrected chi connectivity index (χ1v) is 5.19. The van der Waals surface area contributed by atoms with Crippen molar-refractivity contribution in [1.82, 2.24) is 4.90 Å². The minimum atomic E-state index is -0.531. The lowest BCUT2D eigenvalue weighted by Crippen LogP contribution is -2.51. The number of oxime groups is 1. The van der Waals surface area contributed by atoms with Gasteiger partial charge in [0.05, 0.1) is 25.5 Å². The summed E-state index contributed by atoms with van der Waals surface area (Å²) < 4.78 is 10.4. The molecule has 1 N–H and O–H groups in total. The molecule has 0 aromatic carbocycles. The highest BCUT2D eigenvalue weighted by Gasteiger charge is 2.30. The van der Waals surface area contributed by atoms with Crippen LogP contribution in [0.3, 0.4) is 0 Å². The van der Waals surface area contributed by atoms with Gasteiger partial charge in [-0.2, -0.15) is 0 Å². The van der Waals surface area contributed by atoms with Crippen molar-refractivity contribution >= 4 is 12.3 Å². The van der Waals surface area contributed by atoms with Gasteiger partial charge in [0.15, 0.2) is 0 Å². The third-order valence-electron chi connectivity index (χ3n) is 2.03. The third-order valence-corrected chi connectivity index (χ3v) is 2.03. The van der Waals surface area contributed by atoms with Crippen molar-refractivity contribution in [3.8, 4) is 0 Å². The summed E-state index contributed by atoms with van der Waals surface area (Å²) in [5.74, 6) is 0. The van der Waals surface area contributed by atoms with Crippen molar-refractivity contribution in [2.75, 3.05) is 19.8 Å². The number of amides is 1. The summed E-state index contributed by atoms with van der Waals surface area (Å²) >= 11 is 0. The van der Waals surface area contributed by atoms with Crippen LogP contribution < -0.4 is 0 Å². The first-order valence-electron chi connectivity index (χ1n) is 5.19. The second kappa shape index (κ2) is 5.16. The Morgan fingerprint density at radius 3 is 2.88 bits per heavy atom. The van der Waals surface area contributed by atoms with Crippen LogP contribution in [0.15, 0.2) is 5.16 Å². The van der Waals surface area contributed by atoms with Gasteiger partial charge >= 0.3 is 6.09 Å². The molecule has 92 valence electrons. The Kier molecular flexibility index (Phi) is 4.12. The van der Waals surface area contributed by atoms with Gasteiger partial charge in [-0.05, 0) is 20.8 Å². The Morgan fingerprint density at radius 1 is 1.62 bits per heavy atom. The maximum absolute atomic E-state index is 11.8.